The Morgan fingerprint density at radius 2 is 1.94 bits per heavy atom. The molecule has 0 aliphatic rings. The summed E-state index contributed by atoms with van der Waals surface area (Å²) >= 11 is 0. The molecule has 0 aromatic heterocycles. The van der Waals surface area contributed by atoms with Gasteiger partial charge in [-0.2, -0.15) is 0 Å². The van der Waals surface area contributed by atoms with Crippen LogP contribution in [0.1, 0.15) is 45.3 Å². The molecule has 0 spiro atoms. The van der Waals surface area contributed by atoms with Crippen molar-refractivity contribution in [3.05, 3.63) is 35.9 Å². The molecule has 94 valence electrons. The van der Waals surface area contributed by atoms with E-state index < -0.39 is 11.7 Å². The van der Waals surface area contributed by atoms with Crippen molar-refractivity contribution in [1.29, 1.82) is 0 Å². The largest absolute Gasteiger partial charge is 0.460 e. The van der Waals surface area contributed by atoms with Gasteiger partial charge in [0, 0.05) is 6.92 Å². The van der Waals surface area contributed by atoms with Crippen LogP contribution in [0, 0.1) is 0 Å². The average Bonchev–Trinajstić information content (AvgIpc) is 2.25. The van der Waals surface area contributed by atoms with E-state index in [2.05, 4.69) is 0 Å². The maximum Gasteiger partial charge on any atom is 0.303 e. The van der Waals surface area contributed by atoms with Gasteiger partial charge in [0.25, 0.3) is 0 Å². The Bertz CT molecular complexity index is 357. The molecule has 1 rings (SSSR count). The molecule has 1 atom stereocenters. The van der Waals surface area contributed by atoms with Crippen LogP contribution in [-0.4, -0.2) is 16.7 Å². The van der Waals surface area contributed by atoms with Gasteiger partial charge in [-0.3, -0.25) is 4.79 Å². The molecule has 17 heavy (non-hydrogen) atoms. The van der Waals surface area contributed by atoms with Crippen LogP contribution in [0.2, 0.25) is 0 Å². The lowest BCUT2D eigenvalue weighted by atomic mass is 9.96. The van der Waals surface area contributed by atoms with E-state index in [0.717, 1.165) is 5.56 Å². The number of benzene rings is 1. The van der Waals surface area contributed by atoms with Crippen molar-refractivity contribution in [2.45, 2.75) is 45.3 Å². The summed E-state index contributed by atoms with van der Waals surface area (Å²) in [6.45, 7) is 5.10. The van der Waals surface area contributed by atoms with E-state index in [-0.39, 0.29) is 5.97 Å². The summed E-state index contributed by atoms with van der Waals surface area (Å²) in [6.07, 6.45) is 0.693. The first-order valence-corrected chi connectivity index (χ1v) is 5.83. The first-order chi connectivity index (χ1) is 7.91. The normalized spacial score (nSPS) is 13.2. The predicted molar refractivity (Wildman–Crippen MR) is 66.5 cm³/mol. The van der Waals surface area contributed by atoms with Gasteiger partial charge in [0.05, 0.1) is 6.10 Å². The highest BCUT2D eigenvalue weighted by molar-refractivity contribution is 5.66. The third kappa shape index (κ3) is 5.00. The minimum atomic E-state index is -0.526. The van der Waals surface area contributed by atoms with Gasteiger partial charge in [-0.15, -0.1) is 0 Å². The Balaban J connectivity index is 2.48. The van der Waals surface area contributed by atoms with E-state index in [0.29, 0.717) is 12.8 Å². The van der Waals surface area contributed by atoms with E-state index in [1.54, 1.807) is 0 Å². The topological polar surface area (TPSA) is 46.5 Å². The Morgan fingerprint density at radius 3 is 2.47 bits per heavy atom. The van der Waals surface area contributed by atoms with Crippen molar-refractivity contribution in [1.82, 2.24) is 0 Å². The van der Waals surface area contributed by atoms with E-state index in [9.17, 15) is 9.90 Å². The van der Waals surface area contributed by atoms with Gasteiger partial charge in [-0.1, -0.05) is 30.3 Å². The zero-order chi connectivity index (χ0) is 12.9. The molecule has 1 aromatic rings. The number of carbonyl (C=O) groups excluding carboxylic acids is 1. The fourth-order valence-corrected chi connectivity index (χ4v) is 1.77. The first-order valence-electron chi connectivity index (χ1n) is 5.83. The number of carbonyl (C=O) groups is 1. The Kier molecular flexibility index (Phi) is 4.70. The molecular weight excluding hydrogens is 216 g/mol. The quantitative estimate of drug-likeness (QED) is 0.800. The van der Waals surface area contributed by atoms with Gasteiger partial charge in [0.2, 0.25) is 0 Å². The summed E-state index contributed by atoms with van der Waals surface area (Å²) < 4.78 is 5.17. The third-order valence-electron chi connectivity index (χ3n) is 2.62. The molecule has 0 radical (unpaired) electrons. The molecule has 0 aliphatic carbocycles. The average molecular weight is 236 g/mol. The third-order valence-corrected chi connectivity index (χ3v) is 2.62. The molecule has 0 saturated carbocycles. The fourth-order valence-electron chi connectivity index (χ4n) is 1.77. The number of ether oxygens (including phenoxy) is 1. The molecule has 1 N–H and O–H groups in total. The summed E-state index contributed by atoms with van der Waals surface area (Å²) in [4.78, 5) is 10.9. The lowest BCUT2D eigenvalue weighted by Crippen LogP contribution is -2.27. The SMILES string of the molecule is CC(=O)OC(C)(C)CCC(O)c1ccccc1. The lowest BCUT2D eigenvalue weighted by molar-refractivity contribution is -0.154. The van der Waals surface area contributed by atoms with E-state index >= 15 is 0 Å². The molecule has 1 aromatic carbocycles. The van der Waals surface area contributed by atoms with Crippen LogP contribution in [-0.2, 0) is 9.53 Å². The van der Waals surface area contributed by atoms with E-state index in [1.165, 1.54) is 6.92 Å². The Morgan fingerprint density at radius 1 is 1.35 bits per heavy atom. The van der Waals surface area contributed by atoms with Crippen molar-refractivity contribution in [2.24, 2.45) is 0 Å². The van der Waals surface area contributed by atoms with Crippen molar-refractivity contribution in [2.75, 3.05) is 0 Å². The highest BCUT2D eigenvalue weighted by Crippen LogP contribution is 2.24. The number of rotatable bonds is 5. The molecule has 1 unspecified atom stereocenters. The van der Waals surface area contributed by atoms with Crippen molar-refractivity contribution < 1.29 is 14.6 Å². The molecule has 0 bridgehead atoms. The monoisotopic (exact) mass is 236 g/mol. The van der Waals surface area contributed by atoms with Crippen LogP contribution < -0.4 is 0 Å². The minimum absolute atomic E-state index is 0.288. The second-order valence-corrected chi connectivity index (χ2v) is 4.82. The molecule has 3 heteroatoms. The summed E-state index contributed by atoms with van der Waals surface area (Å²) in [5.41, 5.74) is 0.368. The Labute approximate surface area is 102 Å². The number of aliphatic hydroxyl groups is 1. The lowest BCUT2D eigenvalue weighted by Gasteiger charge is -2.25. The van der Waals surface area contributed by atoms with Crippen LogP contribution in [0.25, 0.3) is 0 Å². The maximum absolute atomic E-state index is 10.9. The summed E-state index contributed by atoms with van der Waals surface area (Å²) in [7, 11) is 0. The molecule has 0 heterocycles. The zero-order valence-corrected chi connectivity index (χ0v) is 10.6. The van der Waals surface area contributed by atoms with Gasteiger partial charge >= 0.3 is 5.97 Å². The predicted octanol–water partition coefficient (Wildman–Crippen LogP) is 2.84. The van der Waals surface area contributed by atoms with E-state index in [1.807, 2.05) is 44.2 Å². The number of hydrogen-bond acceptors (Lipinski definition) is 3. The molecule has 0 saturated heterocycles. The molecular formula is C14H20O3. The molecule has 3 nitrogen and oxygen atoms in total. The van der Waals surface area contributed by atoms with Crippen LogP contribution in [0.4, 0.5) is 0 Å². The van der Waals surface area contributed by atoms with Gasteiger partial charge in [-0.25, -0.2) is 0 Å². The second-order valence-electron chi connectivity index (χ2n) is 4.82. The maximum atomic E-state index is 10.9. The van der Waals surface area contributed by atoms with Crippen molar-refractivity contribution in [3.8, 4) is 0 Å². The molecule has 0 amide bonds. The smallest absolute Gasteiger partial charge is 0.303 e. The fraction of sp³-hybridized carbons (Fsp3) is 0.500. The minimum Gasteiger partial charge on any atom is -0.460 e. The molecule has 0 fully saturated rings. The standard InChI is InChI=1S/C14H20O3/c1-11(15)17-14(2,3)10-9-13(16)12-7-5-4-6-8-12/h4-8,13,16H,9-10H2,1-3H3. The van der Waals surface area contributed by atoms with Crippen LogP contribution in [0.3, 0.4) is 0 Å². The van der Waals surface area contributed by atoms with Gasteiger partial charge in [0.1, 0.15) is 5.60 Å². The highest BCUT2D eigenvalue weighted by atomic mass is 16.6. The van der Waals surface area contributed by atoms with Crippen molar-refractivity contribution in [3.63, 3.8) is 0 Å². The summed E-state index contributed by atoms with van der Waals surface area (Å²) in [5.74, 6) is -0.288. The number of aliphatic hydroxyl groups excluding tert-OH is 1. The zero-order valence-electron chi connectivity index (χ0n) is 10.6. The number of esters is 1. The number of hydrogen-bond donors (Lipinski definition) is 1. The van der Waals surface area contributed by atoms with Crippen LogP contribution in [0.5, 0.6) is 0 Å². The summed E-state index contributed by atoms with van der Waals surface area (Å²) in [6, 6.07) is 9.50. The van der Waals surface area contributed by atoms with Crippen molar-refractivity contribution >= 4 is 5.97 Å². The van der Waals surface area contributed by atoms with Crippen LogP contribution >= 0.6 is 0 Å². The summed E-state index contributed by atoms with van der Waals surface area (Å²) in [5, 5.41) is 9.98. The highest BCUT2D eigenvalue weighted by Gasteiger charge is 2.22. The van der Waals surface area contributed by atoms with Gasteiger partial charge < -0.3 is 9.84 Å². The second kappa shape index (κ2) is 5.82. The first kappa shape index (κ1) is 13.7. The van der Waals surface area contributed by atoms with E-state index in [4.69, 9.17) is 4.74 Å². The molecule has 0 aliphatic heterocycles. The van der Waals surface area contributed by atoms with Gasteiger partial charge in [-0.05, 0) is 32.3 Å². The van der Waals surface area contributed by atoms with Crippen LogP contribution in [0.15, 0.2) is 30.3 Å². The van der Waals surface area contributed by atoms with Gasteiger partial charge in [0.15, 0.2) is 0 Å². The Hall–Kier alpha value is -1.35.